The molecule has 2 aliphatic rings. The summed E-state index contributed by atoms with van der Waals surface area (Å²) < 4.78 is 0. The fourth-order valence-corrected chi connectivity index (χ4v) is 5.09. The lowest BCUT2D eigenvalue weighted by atomic mass is 9.92. The number of rotatable bonds is 8. The highest BCUT2D eigenvalue weighted by Gasteiger charge is 2.40. The van der Waals surface area contributed by atoms with E-state index in [4.69, 9.17) is 17.3 Å². The van der Waals surface area contributed by atoms with E-state index in [1.54, 1.807) is 11.0 Å². The first kappa shape index (κ1) is 25.9. The molecule has 3 atom stereocenters. The molecule has 1 aromatic carbocycles. The Kier molecular flexibility index (Phi) is 8.78. The maximum Gasteiger partial charge on any atom is 0.241 e. The van der Waals surface area contributed by atoms with Crippen molar-refractivity contribution in [3.63, 3.8) is 0 Å². The van der Waals surface area contributed by atoms with Crippen LogP contribution in [-0.2, 0) is 9.59 Å². The fraction of sp³-hybridized carbons (Fsp3) is 0.680. The van der Waals surface area contributed by atoms with Crippen LogP contribution in [0.3, 0.4) is 0 Å². The largest absolute Gasteiger partial charge is 0.391 e. The lowest BCUT2D eigenvalue weighted by Gasteiger charge is -2.47. The molecule has 4 N–H and O–H groups in total. The molecule has 1 aromatic rings. The van der Waals surface area contributed by atoms with Gasteiger partial charge in [-0.15, -0.1) is 0 Å². The second-order valence-electron chi connectivity index (χ2n) is 10.3. The summed E-state index contributed by atoms with van der Waals surface area (Å²) in [5.74, 6) is -0.388. The maximum atomic E-state index is 12.9. The number of anilines is 1. The quantitative estimate of drug-likeness (QED) is 0.533. The van der Waals surface area contributed by atoms with Gasteiger partial charge in [0.1, 0.15) is 0 Å². The van der Waals surface area contributed by atoms with Gasteiger partial charge in [-0.2, -0.15) is 0 Å². The number of hydrogen-bond acceptors (Lipinski definition) is 5. The van der Waals surface area contributed by atoms with Gasteiger partial charge in [0, 0.05) is 36.6 Å². The molecule has 3 rings (SSSR count). The van der Waals surface area contributed by atoms with Crippen LogP contribution in [0.15, 0.2) is 24.3 Å². The molecule has 1 saturated carbocycles. The van der Waals surface area contributed by atoms with Gasteiger partial charge >= 0.3 is 0 Å². The number of aliphatic hydroxyl groups is 1. The van der Waals surface area contributed by atoms with Crippen LogP contribution in [-0.4, -0.2) is 65.2 Å². The molecule has 8 heteroatoms. The van der Waals surface area contributed by atoms with Crippen molar-refractivity contribution in [3.05, 3.63) is 29.3 Å². The third-order valence-corrected chi connectivity index (χ3v) is 7.41. The van der Waals surface area contributed by atoms with Crippen LogP contribution >= 0.6 is 11.6 Å². The number of amides is 2. The van der Waals surface area contributed by atoms with E-state index in [1.165, 1.54) is 6.42 Å². The molecule has 0 bridgehead atoms. The van der Waals surface area contributed by atoms with Gasteiger partial charge in [0.15, 0.2) is 0 Å². The first-order valence-corrected chi connectivity index (χ1v) is 12.5. The molecule has 0 unspecified atom stereocenters. The summed E-state index contributed by atoms with van der Waals surface area (Å²) in [6, 6.07) is 7.03. The average Bonchev–Trinajstić information content (AvgIpc) is 2.77. The molecule has 1 aliphatic carbocycles. The zero-order valence-corrected chi connectivity index (χ0v) is 20.9. The number of carbonyl (C=O) groups is 2. The third-order valence-electron chi connectivity index (χ3n) is 7.09. The van der Waals surface area contributed by atoms with Gasteiger partial charge in [0.2, 0.25) is 11.8 Å². The van der Waals surface area contributed by atoms with Gasteiger partial charge in [-0.1, -0.05) is 49.9 Å². The Morgan fingerprint density at radius 2 is 1.94 bits per heavy atom. The maximum absolute atomic E-state index is 12.9. The molecule has 0 aromatic heterocycles. The molecule has 0 radical (unpaired) electrons. The molecule has 2 fully saturated rings. The van der Waals surface area contributed by atoms with Crippen LogP contribution in [0.1, 0.15) is 59.3 Å². The SMILES string of the molecule is C[C@H](C[C@H](O)[C@@H](N)CN1CC(=O)N(c2ccccc2Cl)CC1(C)C)C(=O)NC1CCCCC1. The van der Waals surface area contributed by atoms with Crippen molar-refractivity contribution in [2.45, 2.75) is 83.0 Å². The van der Waals surface area contributed by atoms with Crippen molar-refractivity contribution < 1.29 is 14.7 Å². The van der Waals surface area contributed by atoms with Crippen molar-refractivity contribution in [2.75, 3.05) is 24.5 Å². The predicted molar refractivity (Wildman–Crippen MR) is 132 cm³/mol. The Morgan fingerprint density at radius 3 is 2.61 bits per heavy atom. The minimum atomic E-state index is -0.829. The summed E-state index contributed by atoms with van der Waals surface area (Å²) >= 11 is 6.32. The number of carbonyl (C=O) groups excluding carboxylic acids is 2. The highest BCUT2D eigenvalue weighted by molar-refractivity contribution is 6.33. The standard InChI is InChI=1S/C25H39ClN4O3/c1-17(24(33)28-18-9-5-4-6-10-18)13-22(31)20(27)14-29-15-23(32)30(16-25(29,2)3)21-12-8-7-11-19(21)26/h7-8,11-12,17-18,20,22,31H,4-6,9-10,13-16,27H2,1-3H3,(H,28,33)/t17-,20+,22+/m1/s1. The molecular formula is C25H39ClN4O3. The zero-order valence-electron chi connectivity index (χ0n) is 20.1. The minimum Gasteiger partial charge on any atom is -0.391 e. The van der Waals surface area contributed by atoms with Crippen LogP contribution in [0.2, 0.25) is 5.02 Å². The molecule has 1 saturated heterocycles. The lowest BCUT2D eigenvalue weighted by Crippen LogP contribution is -2.64. The molecular weight excluding hydrogens is 440 g/mol. The van der Waals surface area contributed by atoms with Crippen molar-refractivity contribution in [1.82, 2.24) is 10.2 Å². The number of hydrogen-bond donors (Lipinski definition) is 3. The van der Waals surface area contributed by atoms with Gasteiger partial charge in [0.25, 0.3) is 0 Å². The summed E-state index contributed by atoms with van der Waals surface area (Å²) in [5.41, 5.74) is 6.70. The molecule has 1 aliphatic heterocycles. The minimum absolute atomic E-state index is 0.0167. The highest BCUT2D eigenvalue weighted by Crippen LogP contribution is 2.31. The lowest BCUT2D eigenvalue weighted by molar-refractivity contribution is -0.126. The van der Waals surface area contributed by atoms with Crippen molar-refractivity contribution in [2.24, 2.45) is 11.7 Å². The zero-order chi connectivity index (χ0) is 24.2. The molecule has 0 spiro atoms. The number of benzene rings is 1. The summed E-state index contributed by atoms with van der Waals surface area (Å²) in [6.45, 7) is 6.98. The van der Waals surface area contributed by atoms with Gasteiger partial charge in [-0.3, -0.25) is 14.5 Å². The van der Waals surface area contributed by atoms with Crippen molar-refractivity contribution in [3.8, 4) is 0 Å². The molecule has 1 heterocycles. The molecule has 33 heavy (non-hydrogen) atoms. The normalized spacial score (nSPS) is 22.6. The predicted octanol–water partition coefficient (Wildman–Crippen LogP) is 2.93. The average molecular weight is 479 g/mol. The Morgan fingerprint density at radius 1 is 1.27 bits per heavy atom. The van der Waals surface area contributed by atoms with Gasteiger partial charge in [-0.05, 0) is 45.2 Å². The van der Waals surface area contributed by atoms with Gasteiger partial charge < -0.3 is 21.1 Å². The third kappa shape index (κ3) is 6.69. The topological polar surface area (TPSA) is 98.9 Å². The number of nitrogens with one attached hydrogen (secondary N) is 1. The molecule has 184 valence electrons. The van der Waals surface area contributed by atoms with Gasteiger partial charge in [-0.25, -0.2) is 0 Å². The number of aliphatic hydroxyl groups excluding tert-OH is 1. The van der Waals surface area contributed by atoms with E-state index >= 15 is 0 Å². The Labute approximate surface area is 202 Å². The number of halogens is 1. The molecule has 7 nitrogen and oxygen atoms in total. The second-order valence-corrected chi connectivity index (χ2v) is 10.7. The van der Waals surface area contributed by atoms with E-state index in [2.05, 4.69) is 19.2 Å². The summed E-state index contributed by atoms with van der Waals surface area (Å²) in [6.07, 6.45) is 5.09. The first-order chi connectivity index (χ1) is 15.6. The summed E-state index contributed by atoms with van der Waals surface area (Å²) in [5, 5.41) is 14.4. The first-order valence-electron chi connectivity index (χ1n) is 12.1. The number of nitrogens with two attached hydrogens (primary N) is 1. The van der Waals surface area contributed by atoms with Crippen LogP contribution in [0.5, 0.6) is 0 Å². The van der Waals surface area contributed by atoms with E-state index in [1.807, 2.05) is 30.0 Å². The van der Waals surface area contributed by atoms with E-state index in [0.29, 0.717) is 30.2 Å². The van der Waals surface area contributed by atoms with Crippen LogP contribution in [0.4, 0.5) is 5.69 Å². The number of piperazine rings is 1. The number of para-hydroxylation sites is 1. The van der Waals surface area contributed by atoms with Gasteiger partial charge in [0.05, 0.1) is 23.4 Å². The highest BCUT2D eigenvalue weighted by atomic mass is 35.5. The van der Waals surface area contributed by atoms with Crippen molar-refractivity contribution >= 4 is 29.1 Å². The van der Waals surface area contributed by atoms with Crippen LogP contribution < -0.4 is 16.0 Å². The van der Waals surface area contributed by atoms with E-state index in [-0.39, 0.29) is 35.9 Å². The van der Waals surface area contributed by atoms with Crippen LogP contribution in [0.25, 0.3) is 0 Å². The number of nitrogens with zero attached hydrogens (tertiary/aromatic N) is 2. The van der Waals surface area contributed by atoms with E-state index in [0.717, 1.165) is 25.7 Å². The van der Waals surface area contributed by atoms with Crippen LogP contribution in [0, 0.1) is 5.92 Å². The second kappa shape index (κ2) is 11.2. The summed E-state index contributed by atoms with van der Waals surface area (Å²) in [7, 11) is 0. The monoisotopic (exact) mass is 478 g/mol. The van der Waals surface area contributed by atoms with Crippen molar-refractivity contribution in [1.29, 1.82) is 0 Å². The van der Waals surface area contributed by atoms with E-state index < -0.39 is 12.1 Å². The Balaban J connectivity index is 1.54. The molecule has 2 amide bonds. The van der Waals surface area contributed by atoms with E-state index in [9.17, 15) is 14.7 Å². The fourth-order valence-electron chi connectivity index (χ4n) is 4.85. The Bertz CT molecular complexity index is 828. The Hall–Kier alpha value is -1.67. The summed E-state index contributed by atoms with van der Waals surface area (Å²) in [4.78, 5) is 29.2. The smallest absolute Gasteiger partial charge is 0.241 e.